The lowest BCUT2D eigenvalue weighted by Crippen LogP contribution is -2.14. The van der Waals surface area contributed by atoms with Gasteiger partial charge in [0, 0.05) is 6.54 Å². The molecular weight excluding hydrogens is 364 g/mol. The van der Waals surface area contributed by atoms with E-state index in [2.05, 4.69) is 12.2 Å². The van der Waals surface area contributed by atoms with E-state index in [1.165, 1.54) is 12.1 Å². The van der Waals surface area contributed by atoms with Crippen LogP contribution in [0.5, 0.6) is 11.5 Å². The highest BCUT2D eigenvalue weighted by molar-refractivity contribution is 6.32. The van der Waals surface area contributed by atoms with Gasteiger partial charge in [0.25, 0.3) is 0 Å². The SMILES string of the molecule is CCCNCc1cc(Cl)c(OCc2ccc(F)cc2)c(OCC)c1.Cl. The molecule has 2 aromatic carbocycles. The molecule has 0 fully saturated rings. The van der Waals surface area contributed by atoms with E-state index in [0.29, 0.717) is 29.7 Å². The Morgan fingerprint density at radius 2 is 1.76 bits per heavy atom. The second kappa shape index (κ2) is 11.2. The molecule has 0 aliphatic carbocycles. The van der Waals surface area contributed by atoms with E-state index in [0.717, 1.165) is 30.6 Å². The highest BCUT2D eigenvalue weighted by atomic mass is 35.5. The van der Waals surface area contributed by atoms with E-state index < -0.39 is 0 Å². The van der Waals surface area contributed by atoms with E-state index in [-0.39, 0.29) is 18.2 Å². The topological polar surface area (TPSA) is 30.5 Å². The molecule has 1 N–H and O–H groups in total. The van der Waals surface area contributed by atoms with Crippen LogP contribution in [0.1, 0.15) is 31.4 Å². The van der Waals surface area contributed by atoms with Gasteiger partial charge in [-0.05, 0) is 55.3 Å². The van der Waals surface area contributed by atoms with Crippen molar-refractivity contribution in [2.75, 3.05) is 13.2 Å². The van der Waals surface area contributed by atoms with E-state index in [9.17, 15) is 4.39 Å². The quantitative estimate of drug-likeness (QED) is 0.585. The molecule has 0 amide bonds. The second-order valence-corrected chi connectivity index (χ2v) is 5.84. The van der Waals surface area contributed by atoms with Gasteiger partial charge in [-0.15, -0.1) is 12.4 Å². The summed E-state index contributed by atoms with van der Waals surface area (Å²) in [6, 6.07) is 10.0. The van der Waals surface area contributed by atoms with Gasteiger partial charge >= 0.3 is 0 Å². The van der Waals surface area contributed by atoms with Crippen LogP contribution in [-0.2, 0) is 13.2 Å². The van der Waals surface area contributed by atoms with E-state index in [1.54, 1.807) is 12.1 Å². The van der Waals surface area contributed by atoms with Crippen molar-refractivity contribution < 1.29 is 13.9 Å². The van der Waals surface area contributed by atoms with Gasteiger partial charge in [0.1, 0.15) is 12.4 Å². The molecule has 25 heavy (non-hydrogen) atoms. The summed E-state index contributed by atoms with van der Waals surface area (Å²) in [4.78, 5) is 0. The Kier molecular flexibility index (Phi) is 9.65. The number of rotatable bonds is 9. The Labute approximate surface area is 159 Å². The summed E-state index contributed by atoms with van der Waals surface area (Å²) in [6.07, 6.45) is 1.07. The predicted molar refractivity (Wildman–Crippen MR) is 103 cm³/mol. The molecule has 2 aromatic rings. The molecule has 0 aliphatic rings. The molecule has 2 rings (SSSR count). The maximum Gasteiger partial charge on any atom is 0.180 e. The smallest absolute Gasteiger partial charge is 0.180 e. The van der Waals surface area contributed by atoms with Crippen LogP contribution in [-0.4, -0.2) is 13.2 Å². The largest absolute Gasteiger partial charge is 0.490 e. The number of nitrogens with one attached hydrogen (secondary N) is 1. The van der Waals surface area contributed by atoms with Gasteiger partial charge in [-0.1, -0.05) is 30.7 Å². The van der Waals surface area contributed by atoms with Crippen LogP contribution in [0.25, 0.3) is 0 Å². The van der Waals surface area contributed by atoms with Crippen LogP contribution in [0, 0.1) is 5.82 Å². The van der Waals surface area contributed by atoms with Gasteiger partial charge < -0.3 is 14.8 Å². The monoisotopic (exact) mass is 387 g/mol. The Morgan fingerprint density at radius 1 is 1.04 bits per heavy atom. The van der Waals surface area contributed by atoms with Crippen LogP contribution in [0.3, 0.4) is 0 Å². The van der Waals surface area contributed by atoms with Crippen molar-refractivity contribution in [2.24, 2.45) is 0 Å². The van der Waals surface area contributed by atoms with Gasteiger partial charge in [0.2, 0.25) is 0 Å². The van der Waals surface area contributed by atoms with Gasteiger partial charge in [-0.2, -0.15) is 0 Å². The minimum Gasteiger partial charge on any atom is -0.490 e. The van der Waals surface area contributed by atoms with Crippen molar-refractivity contribution in [3.63, 3.8) is 0 Å². The molecule has 0 saturated heterocycles. The van der Waals surface area contributed by atoms with E-state index in [1.807, 2.05) is 19.1 Å². The number of halogens is 3. The molecule has 0 atom stereocenters. The lowest BCUT2D eigenvalue weighted by Gasteiger charge is -2.15. The first-order chi connectivity index (χ1) is 11.6. The Hall–Kier alpha value is -1.49. The minimum absolute atomic E-state index is 0. The maximum atomic E-state index is 13.0. The zero-order valence-corrected chi connectivity index (χ0v) is 16.1. The molecule has 0 unspecified atom stereocenters. The average molecular weight is 388 g/mol. The van der Waals surface area contributed by atoms with Gasteiger partial charge in [0.05, 0.1) is 11.6 Å². The maximum absolute atomic E-state index is 13.0. The molecule has 0 aromatic heterocycles. The van der Waals surface area contributed by atoms with Crippen molar-refractivity contribution in [2.45, 2.75) is 33.4 Å². The highest BCUT2D eigenvalue weighted by Crippen LogP contribution is 2.37. The average Bonchev–Trinajstić information content (AvgIpc) is 2.56. The lowest BCUT2D eigenvalue weighted by molar-refractivity contribution is 0.269. The van der Waals surface area contributed by atoms with Crippen molar-refractivity contribution in [3.05, 3.63) is 58.4 Å². The Bertz CT molecular complexity index is 651. The number of hydrogen-bond donors (Lipinski definition) is 1. The fourth-order valence-electron chi connectivity index (χ4n) is 2.27. The molecule has 0 bridgehead atoms. The third-order valence-corrected chi connectivity index (χ3v) is 3.70. The van der Waals surface area contributed by atoms with Crippen LogP contribution < -0.4 is 14.8 Å². The molecule has 0 saturated carbocycles. The first-order valence-electron chi connectivity index (χ1n) is 8.17. The van der Waals surface area contributed by atoms with Crippen molar-refractivity contribution in [1.82, 2.24) is 5.32 Å². The van der Waals surface area contributed by atoms with Gasteiger partial charge in [-0.3, -0.25) is 0 Å². The van der Waals surface area contributed by atoms with Crippen LogP contribution in [0.4, 0.5) is 4.39 Å². The summed E-state index contributed by atoms with van der Waals surface area (Å²) in [5.41, 5.74) is 1.91. The molecule has 0 spiro atoms. The van der Waals surface area contributed by atoms with Crippen LogP contribution in [0.15, 0.2) is 36.4 Å². The second-order valence-electron chi connectivity index (χ2n) is 5.43. The fourth-order valence-corrected chi connectivity index (χ4v) is 2.56. The molecule has 0 radical (unpaired) electrons. The number of hydrogen-bond acceptors (Lipinski definition) is 3. The van der Waals surface area contributed by atoms with Gasteiger partial charge in [-0.25, -0.2) is 4.39 Å². The summed E-state index contributed by atoms with van der Waals surface area (Å²) < 4.78 is 24.5. The number of benzene rings is 2. The molecule has 0 heterocycles. The molecular formula is C19H24Cl2FNO2. The Morgan fingerprint density at radius 3 is 2.40 bits per heavy atom. The first kappa shape index (κ1) is 21.6. The van der Waals surface area contributed by atoms with Crippen molar-refractivity contribution in [3.8, 4) is 11.5 Å². The summed E-state index contributed by atoms with van der Waals surface area (Å²) in [7, 11) is 0. The van der Waals surface area contributed by atoms with Gasteiger partial charge in [0.15, 0.2) is 11.5 Å². The van der Waals surface area contributed by atoms with Crippen molar-refractivity contribution in [1.29, 1.82) is 0 Å². The third kappa shape index (κ3) is 6.73. The summed E-state index contributed by atoms with van der Waals surface area (Å²) in [5, 5.41) is 3.85. The molecule has 0 aliphatic heterocycles. The zero-order chi connectivity index (χ0) is 17.4. The fraction of sp³-hybridized carbons (Fsp3) is 0.368. The molecule has 3 nitrogen and oxygen atoms in total. The number of ether oxygens (including phenoxy) is 2. The minimum atomic E-state index is -0.268. The van der Waals surface area contributed by atoms with E-state index in [4.69, 9.17) is 21.1 Å². The normalized spacial score (nSPS) is 10.2. The lowest BCUT2D eigenvalue weighted by atomic mass is 10.2. The predicted octanol–water partition coefficient (Wildman–Crippen LogP) is 5.38. The first-order valence-corrected chi connectivity index (χ1v) is 8.55. The standard InChI is InChI=1S/C19H23ClFNO2.ClH/c1-3-9-22-12-15-10-17(20)19(18(11-15)23-4-2)24-13-14-5-7-16(21)8-6-14;/h5-8,10-11,22H,3-4,9,12-13H2,1-2H3;1H. The van der Waals surface area contributed by atoms with Crippen LogP contribution >= 0.6 is 24.0 Å². The highest BCUT2D eigenvalue weighted by Gasteiger charge is 2.13. The Balaban J connectivity index is 0.00000312. The zero-order valence-electron chi connectivity index (χ0n) is 14.5. The summed E-state index contributed by atoms with van der Waals surface area (Å²) in [5.74, 6) is 0.873. The summed E-state index contributed by atoms with van der Waals surface area (Å²) >= 11 is 6.38. The van der Waals surface area contributed by atoms with Crippen LogP contribution in [0.2, 0.25) is 5.02 Å². The molecule has 138 valence electrons. The molecule has 6 heteroatoms. The van der Waals surface area contributed by atoms with E-state index >= 15 is 0 Å². The van der Waals surface area contributed by atoms with Crippen molar-refractivity contribution >= 4 is 24.0 Å². The third-order valence-electron chi connectivity index (χ3n) is 3.42. The summed E-state index contributed by atoms with van der Waals surface area (Å²) in [6.45, 7) is 6.54.